The zero-order chi connectivity index (χ0) is 13.8. The number of rotatable bonds is 4. The number of hydrogen-bond donors (Lipinski definition) is 0. The van der Waals surface area contributed by atoms with Crippen LogP contribution in [0.25, 0.3) is 0 Å². The molecule has 0 unspecified atom stereocenters. The van der Waals surface area contributed by atoms with Gasteiger partial charge < -0.3 is 4.90 Å². The van der Waals surface area contributed by atoms with Crippen LogP contribution in [0, 0.1) is 12.8 Å². The van der Waals surface area contributed by atoms with Crippen molar-refractivity contribution in [1.29, 1.82) is 0 Å². The molecule has 2 heterocycles. The number of thiazole rings is 1. The zero-order valence-electron chi connectivity index (χ0n) is 12.2. The lowest BCUT2D eigenvalue weighted by atomic mass is 10.0. The van der Waals surface area contributed by atoms with Crippen LogP contribution in [0.5, 0.6) is 0 Å². The highest BCUT2D eigenvalue weighted by Gasteiger charge is 2.29. The van der Waals surface area contributed by atoms with E-state index in [1.165, 1.54) is 6.42 Å². The van der Waals surface area contributed by atoms with Crippen LogP contribution < -0.4 is 0 Å². The fraction of sp³-hybridized carbons (Fsp3) is 0.733. The van der Waals surface area contributed by atoms with E-state index in [0.717, 1.165) is 36.5 Å². The lowest BCUT2D eigenvalue weighted by Crippen LogP contribution is -2.38. The molecule has 1 aromatic heterocycles. The van der Waals surface area contributed by atoms with E-state index >= 15 is 0 Å². The molecule has 1 aliphatic rings. The average molecular weight is 280 g/mol. The van der Waals surface area contributed by atoms with Gasteiger partial charge in [0.25, 0.3) is 0 Å². The molecule has 1 atom stereocenters. The molecule has 0 N–H and O–H groups in total. The van der Waals surface area contributed by atoms with Gasteiger partial charge in [-0.1, -0.05) is 13.8 Å². The van der Waals surface area contributed by atoms with Crippen LogP contribution in [0.2, 0.25) is 0 Å². The van der Waals surface area contributed by atoms with Crippen LogP contribution in [0.3, 0.4) is 0 Å². The third-order valence-corrected chi connectivity index (χ3v) is 4.74. The summed E-state index contributed by atoms with van der Waals surface area (Å²) in [6.45, 7) is 7.27. The van der Waals surface area contributed by atoms with Gasteiger partial charge in [-0.2, -0.15) is 0 Å². The number of piperidine rings is 1. The van der Waals surface area contributed by atoms with Gasteiger partial charge in [0.15, 0.2) is 0 Å². The Kier molecular flexibility index (Phi) is 4.97. The number of aromatic nitrogens is 1. The minimum absolute atomic E-state index is 0.229. The van der Waals surface area contributed by atoms with Gasteiger partial charge in [-0.3, -0.25) is 4.79 Å². The Morgan fingerprint density at radius 2 is 2.32 bits per heavy atom. The third kappa shape index (κ3) is 3.78. The first kappa shape index (κ1) is 14.5. The van der Waals surface area contributed by atoms with Gasteiger partial charge in [-0.15, -0.1) is 11.3 Å². The van der Waals surface area contributed by atoms with Crippen molar-refractivity contribution < 1.29 is 4.79 Å². The second-order valence-corrected chi connectivity index (χ2v) is 6.75. The van der Waals surface area contributed by atoms with Crippen molar-refractivity contribution in [3.63, 3.8) is 0 Å². The van der Waals surface area contributed by atoms with Crippen LogP contribution in [-0.4, -0.2) is 22.3 Å². The second-order valence-electron chi connectivity index (χ2n) is 5.86. The van der Waals surface area contributed by atoms with E-state index in [0.29, 0.717) is 18.2 Å². The van der Waals surface area contributed by atoms with Crippen LogP contribution in [-0.2, 0) is 4.79 Å². The molecular formula is C15H24N2OS. The Balaban J connectivity index is 2.05. The predicted molar refractivity (Wildman–Crippen MR) is 79.2 cm³/mol. The Morgan fingerprint density at radius 1 is 1.53 bits per heavy atom. The van der Waals surface area contributed by atoms with Crippen molar-refractivity contribution in [3.05, 3.63) is 16.1 Å². The molecule has 0 aromatic carbocycles. The van der Waals surface area contributed by atoms with Gasteiger partial charge in [0, 0.05) is 24.0 Å². The molecule has 1 saturated heterocycles. The summed E-state index contributed by atoms with van der Waals surface area (Å²) in [7, 11) is 0. The summed E-state index contributed by atoms with van der Waals surface area (Å²) in [5, 5.41) is 3.20. The summed E-state index contributed by atoms with van der Waals surface area (Å²) in [5.74, 6) is 0.903. The maximum absolute atomic E-state index is 12.4. The molecule has 0 saturated carbocycles. The number of likely N-dealkylation sites (tertiary alicyclic amines) is 1. The first-order chi connectivity index (χ1) is 9.08. The van der Waals surface area contributed by atoms with Crippen molar-refractivity contribution >= 4 is 17.2 Å². The molecule has 1 aliphatic heterocycles. The Labute approximate surface area is 120 Å². The first-order valence-electron chi connectivity index (χ1n) is 7.29. The standard InChI is InChI=1S/C15H24N2OS/c1-11(2)7-8-14(18)17-9-5-4-6-13(17)15-16-12(3)10-19-15/h10-11,13H,4-9H2,1-3H3/t13-/m1/s1. The van der Waals surface area contributed by atoms with E-state index in [2.05, 4.69) is 29.1 Å². The number of amides is 1. The average Bonchev–Trinajstić information content (AvgIpc) is 2.82. The number of hydrogen-bond acceptors (Lipinski definition) is 3. The van der Waals surface area contributed by atoms with Gasteiger partial charge in [0.05, 0.1) is 6.04 Å². The Hall–Kier alpha value is -0.900. The highest BCUT2D eigenvalue weighted by Crippen LogP contribution is 2.33. The van der Waals surface area contributed by atoms with Gasteiger partial charge in [-0.05, 0) is 38.5 Å². The Bertz CT molecular complexity index is 428. The number of carbonyl (C=O) groups excluding carboxylic acids is 1. The van der Waals surface area contributed by atoms with Crippen molar-refractivity contribution in [2.45, 2.75) is 58.9 Å². The second kappa shape index (κ2) is 6.51. The molecule has 3 nitrogen and oxygen atoms in total. The maximum atomic E-state index is 12.4. The molecule has 1 fully saturated rings. The molecule has 1 aromatic rings. The number of nitrogens with zero attached hydrogens (tertiary/aromatic N) is 2. The number of aryl methyl sites for hydroxylation is 1. The van der Waals surface area contributed by atoms with Gasteiger partial charge in [0.1, 0.15) is 5.01 Å². The van der Waals surface area contributed by atoms with E-state index in [-0.39, 0.29) is 6.04 Å². The minimum atomic E-state index is 0.229. The summed E-state index contributed by atoms with van der Waals surface area (Å²) in [6, 6.07) is 0.229. The smallest absolute Gasteiger partial charge is 0.223 e. The molecule has 106 valence electrons. The third-order valence-electron chi connectivity index (χ3n) is 3.68. The van der Waals surface area contributed by atoms with Gasteiger partial charge in [0.2, 0.25) is 5.91 Å². The molecular weight excluding hydrogens is 256 g/mol. The highest BCUT2D eigenvalue weighted by molar-refractivity contribution is 7.09. The van der Waals surface area contributed by atoms with Crippen LogP contribution >= 0.6 is 11.3 Å². The van der Waals surface area contributed by atoms with E-state index in [1.807, 2.05) is 6.92 Å². The van der Waals surface area contributed by atoms with Crippen LogP contribution in [0.1, 0.15) is 62.7 Å². The zero-order valence-corrected chi connectivity index (χ0v) is 13.0. The number of carbonyl (C=O) groups is 1. The van der Waals surface area contributed by atoms with Crippen molar-refractivity contribution in [2.75, 3.05) is 6.54 Å². The molecule has 0 aliphatic carbocycles. The normalized spacial score (nSPS) is 20.0. The SMILES string of the molecule is Cc1csc([C@H]2CCCCN2C(=O)CCC(C)C)n1. The van der Waals surface area contributed by atoms with Crippen LogP contribution in [0.15, 0.2) is 5.38 Å². The molecule has 1 amide bonds. The summed E-state index contributed by atoms with van der Waals surface area (Å²) < 4.78 is 0. The molecule has 0 spiro atoms. The Morgan fingerprint density at radius 3 is 2.95 bits per heavy atom. The predicted octanol–water partition coefficient (Wildman–Crippen LogP) is 3.94. The van der Waals surface area contributed by atoms with E-state index in [1.54, 1.807) is 11.3 Å². The lowest BCUT2D eigenvalue weighted by Gasteiger charge is -2.34. The fourth-order valence-electron chi connectivity index (χ4n) is 2.57. The lowest BCUT2D eigenvalue weighted by molar-refractivity contribution is -0.135. The van der Waals surface area contributed by atoms with Crippen molar-refractivity contribution in [2.24, 2.45) is 5.92 Å². The fourth-order valence-corrected chi connectivity index (χ4v) is 3.51. The minimum Gasteiger partial charge on any atom is -0.333 e. The van der Waals surface area contributed by atoms with E-state index in [4.69, 9.17) is 0 Å². The van der Waals surface area contributed by atoms with Gasteiger partial charge >= 0.3 is 0 Å². The summed E-state index contributed by atoms with van der Waals surface area (Å²) in [5.41, 5.74) is 1.07. The monoisotopic (exact) mass is 280 g/mol. The van der Waals surface area contributed by atoms with E-state index in [9.17, 15) is 4.79 Å². The largest absolute Gasteiger partial charge is 0.333 e. The highest BCUT2D eigenvalue weighted by atomic mass is 32.1. The molecule has 0 bridgehead atoms. The van der Waals surface area contributed by atoms with E-state index < -0.39 is 0 Å². The maximum Gasteiger partial charge on any atom is 0.223 e. The molecule has 19 heavy (non-hydrogen) atoms. The quantitative estimate of drug-likeness (QED) is 0.837. The van der Waals surface area contributed by atoms with Crippen LogP contribution in [0.4, 0.5) is 0 Å². The topological polar surface area (TPSA) is 33.2 Å². The molecule has 4 heteroatoms. The summed E-state index contributed by atoms with van der Waals surface area (Å²) >= 11 is 1.70. The summed E-state index contributed by atoms with van der Waals surface area (Å²) in [4.78, 5) is 19.1. The molecule has 0 radical (unpaired) electrons. The van der Waals surface area contributed by atoms with Gasteiger partial charge in [-0.25, -0.2) is 4.98 Å². The summed E-state index contributed by atoms with van der Waals surface area (Å²) in [6.07, 6.45) is 5.07. The molecule has 2 rings (SSSR count). The van der Waals surface area contributed by atoms with Crippen molar-refractivity contribution in [3.8, 4) is 0 Å². The first-order valence-corrected chi connectivity index (χ1v) is 8.17. The van der Waals surface area contributed by atoms with Crippen molar-refractivity contribution in [1.82, 2.24) is 9.88 Å².